The van der Waals surface area contributed by atoms with Gasteiger partial charge in [0.25, 0.3) is 0 Å². The average molecular weight is 318 g/mol. The van der Waals surface area contributed by atoms with Crippen molar-refractivity contribution in [3.8, 4) is 0 Å². The van der Waals surface area contributed by atoms with Gasteiger partial charge in [-0.1, -0.05) is 28.1 Å². The van der Waals surface area contributed by atoms with Gasteiger partial charge in [-0.2, -0.15) is 0 Å². The second-order valence-corrected chi connectivity index (χ2v) is 6.05. The summed E-state index contributed by atoms with van der Waals surface area (Å²) in [5.41, 5.74) is 3.50. The van der Waals surface area contributed by atoms with Gasteiger partial charge >= 0.3 is 11.9 Å². The van der Waals surface area contributed by atoms with Gasteiger partial charge in [0.05, 0.1) is 0 Å². The van der Waals surface area contributed by atoms with Crippen molar-refractivity contribution in [2.75, 3.05) is 0 Å². The highest BCUT2D eigenvalue weighted by Crippen LogP contribution is 2.30. The van der Waals surface area contributed by atoms with Crippen LogP contribution in [0.5, 0.6) is 0 Å². The van der Waals surface area contributed by atoms with Crippen molar-refractivity contribution in [3.05, 3.63) is 22.7 Å². The molecule has 0 saturated heterocycles. The summed E-state index contributed by atoms with van der Waals surface area (Å²) in [5, 5.41) is 9.15. The van der Waals surface area contributed by atoms with Crippen molar-refractivity contribution in [2.24, 2.45) is 11.7 Å². The van der Waals surface area contributed by atoms with E-state index in [4.69, 9.17) is 15.6 Å². The third kappa shape index (κ3) is 3.20. The van der Waals surface area contributed by atoms with Crippen LogP contribution in [0.25, 0.3) is 0 Å². The van der Waals surface area contributed by atoms with Crippen molar-refractivity contribution >= 4 is 27.9 Å². The van der Waals surface area contributed by atoms with Crippen molar-refractivity contribution in [3.63, 3.8) is 0 Å². The molecule has 0 saturated carbocycles. The monoisotopic (exact) mass is 317 g/mol. The molecule has 0 amide bonds. The van der Waals surface area contributed by atoms with E-state index in [0.29, 0.717) is 4.48 Å². The molecule has 0 aliphatic heterocycles. The average Bonchev–Trinajstić information content (AvgIpc) is 2.19. The van der Waals surface area contributed by atoms with E-state index in [1.54, 1.807) is 26.8 Å². The van der Waals surface area contributed by atoms with Crippen molar-refractivity contribution < 1.29 is 19.4 Å². The topological polar surface area (TPSA) is 89.6 Å². The molecule has 0 heterocycles. The summed E-state index contributed by atoms with van der Waals surface area (Å²) in [4.78, 5) is 23.2. The number of esters is 1. The molecule has 6 heteroatoms. The first-order chi connectivity index (χ1) is 8.06. The molecule has 0 bridgehead atoms. The fourth-order valence-electron chi connectivity index (χ4n) is 1.51. The SMILES string of the molecule is CC(C)(C)OC(=O)C1(N)C=CC(Br)=CC1C(=O)O. The van der Waals surface area contributed by atoms with Crippen LogP contribution < -0.4 is 5.73 Å². The van der Waals surface area contributed by atoms with Crippen LogP contribution in [-0.4, -0.2) is 28.2 Å². The molecule has 0 radical (unpaired) electrons. The maximum absolute atomic E-state index is 12.1. The second-order valence-electron chi connectivity index (χ2n) is 5.14. The first kappa shape index (κ1) is 14.9. The Morgan fingerprint density at radius 3 is 2.50 bits per heavy atom. The third-order valence-electron chi connectivity index (χ3n) is 2.38. The molecule has 18 heavy (non-hydrogen) atoms. The third-order valence-corrected chi connectivity index (χ3v) is 2.91. The van der Waals surface area contributed by atoms with Crippen LogP contribution in [0.3, 0.4) is 0 Å². The van der Waals surface area contributed by atoms with Gasteiger partial charge in [0.2, 0.25) is 0 Å². The number of nitrogens with two attached hydrogens (primary N) is 1. The number of carboxylic acids is 1. The molecule has 0 spiro atoms. The molecule has 1 aliphatic carbocycles. The summed E-state index contributed by atoms with van der Waals surface area (Å²) in [7, 11) is 0. The zero-order valence-electron chi connectivity index (χ0n) is 10.4. The Balaban J connectivity index is 3.07. The molecule has 100 valence electrons. The summed E-state index contributed by atoms with van der Waals surface area (Å²) >= 11 is 3.16. The molecule has 2 atom stereocenters. The van der Waals surface area contributed by atoms with Crippen LogP contribution >= 0.6 is 15.9 Å². The number of ether oxygens (including phenoxy) is 1. The van der Waals surface area contributed by atoms with E-state index in [2.05, 4.69) is 15.9 Å². The fourth-order valence-corrected chi connectivity index (χ4v) is 1.91. The van der Waals surface area contributed by atoms with Crippen LogP contribution in [-0.2, 0) is 14.3 Å². The summed E-state index contributed by atoms with van der Waals surface area (Å²) in [5.74, 6) is -3.09. The molecule has 0 aromatic rings. The van der Waals surface area contributed by atoms with Gasteiger partial charge in [-0.3, -0.25) is 4.79 Å². The summed E-state index contributed by atoms with van der Waals surface area (Å²) in [6, 6.07) is 0. The van der Waals surface area contributed by atoms with E-state index in [1.165, 1.54) is 12.2 Å². The molecule has 0 fully saturated rings. The summed E-state index contributed by atoms with van der Waals surface area (Å²) < 4.78 is 5.74. The number of rotatable bonds is 2. The quantitative estimate of drug-likeness (QED) is 0.755. The number of aliphatic carboxylic acids is 1. The number of halogens is 1. The van der Waals surface area contributed by atoms with E-state index >= 15 is 0 Å². The predicted octanol–water partition coefficient (Wildman–Crippen LogP) is 1.57. The minimum absolute atomic E-state index is 0.569. The number of carbonyl (C=O) groups excluding carboxylic acids is 1. The number of hydrogen-bond acceptors (Lipinski definition) is 4. The molecular weight excluding hydrogens is 302 g/mol. The zero-order chi connectivity index (χ0) is 14.1. The lowest BCUT2D eigenvalue weighted by Gasteiger charge is -2.33. The molecular formula is C12H16BrNO4. The smallest absolute Gasteiger partial charge is 0.331 e. The van der Waals surface area contributed by atoms with E-state index in [9.17, 15) is 9.59 Å². The van der Waals surface area contributed by atoms with Gasteiger partial charge in [-0.25, -0.2) is 4.79 Å². The van der Waals surface area contributed by atoms with E-state index in [-0.39, 0.29) is 0 Å². The van der Waals surface area contributed by atoms with Crippen LogP contribution in [0.4, 0.5) is 0 Å². The highest BCUT2D eigenvalue weighted by atomic mass is 79.9. The molecule has 1 aliphatic rings. The Hall–Kier alpha value is -1.14. The van der Waals surface area contributed by atoms with Gasteiger partial charge < -0.3 is 15.6 Å². The minimum atomic E-state index is -1.68. The highest BCUT2D eigenvalue weighted by molar-refractivity contribution is 9.11. The lowest BCUT2D eigenvalue weighted by Crippen LogP contribution is -2.57. The number of carboxylic acid groups (broad SMARTS) is 1. The largest absolute Gasteiger partial charge is 0.481 e. The predicted molar refractivity (Wildman–Crippen MR) is 70.0 cm³/mol. The first-order valence-electron chi connectivity index (χ1n) is 5.38. The molecule has 0 aromatic heterocycles. The zero-order valence-corrected chi connectivity index (χ0v) is 12.0. The number of hydrogen-bond donors (Lipinski definition) is 2. The number of allylic oxidation sites excluding steroid dienone is 2. The fraction of sp³-hybridized carbons (Fsp3) is 0.500. The molecule has 2 unspecified atom stereocenters. The maximum atomic E-state index is 12.1. The van der Waals surface area contributed by atoms with Crippen molar-refractivity contribution in [1.29, 1.82) is 0 Å². The minimum Gasteiger partial charge on any atom is -0.481 e. The molecule has 3 N–H and O–H groups in total. The van der Waals surface area contributed by atoms with Gasteiger partial charge in [-0.05, 0) is 26.8 Å². The van der Waals surface area contributed by atoms with Crippen LogP contribution in [0, 0.1) is 5.92 Å². The van der Waals surface area contributed by atoms with Crippen molar-refractivity contribution in [2.45, 2.75) is 31.9 Å². The Labute approximate surface area is 114 Å². The van der Waals surface area contributed by atoms with E-state index < -0.39 is 29.0 Å². The Bertz CT molecular complexity index is 436. The first-order valence-corrected chi connectivity index (χ1v) is 6.17. The standard InChI is InChI=1S/C12H16BrNO4/c1-11(2,3)18-10(17)12(14)5-4-7(13)6-8(12)9(15)16/h4-6,8H,14H2,1-3H3,(H,15,16). The maximum Gasteiger partial charge on any atom is 0.331 e. The molecule has 5 nitrogen and oxygen atoms in total. The lowest BCUT2D eigenvalue weighted by atomic mass is 9.81. The second kappa shape index (κ2) is 4.85. The van der Waals surface area contributed by atoms with Gasteiger partial charge in [0.1, 0.15) is 11.5 Å². The summed E-state index contributed by atoms with van der Waals surface area (Å²) in [6.45, 7) is 5.09. The molecule has 1 rings (SSSR count). The van der Waals surface area contributed by atoms with E-state index in [0.717, 1.165) is 0 Å². The summed E-state index contributed by atoms with van der Waals surface area (Å²) in [6.07, 6.45) is 4.28. The van der Waals surface area contributed by atoms with Crippen molar-refractivity contribution in [1.82, 2.24) is 0 Å². The Kier molecular flexibility index (Phi) is 4.02. The number of carbonyl (C=O) groups is 2. The van der Waals surface area contributed by atoms with E-state index in [1.807, 2.05) is 0 Å². The lowest BCUT2D eigenvalue weighted by molar-refractivity contribution is -0.164. The highest BCUT2D eigenvalue weighted by Gasteiger charge is 2.47. The van der Waals surface area contributed by atoms with Gasteiger partial charge in [0, 0.05) is 4.48 Å². The van der Waals surface area contributed by atoms with Crippen LogP contribution in [0.2, 0.25) is 0 Å². The van der Waals surface area contributed by atoms with Gasteiger partial charge in [0.15, 0.2) is 5.54 Å². The Morgan fingerprint density at radius 2 is 2.06 bits per heavy atom. The van der Waals surface area contributed by atoms with Crippen LogP contribution in [0.15, 0.2) is 22.7 Å². The van der Waals surface area contributed by atoms with Gasteiger partial charge in [-0.15, -0.1) is 0 Å². The normalized spacial score (nSPS) is 27.6. The Morgan fingerprint density at radius 1 is 1.50 bits per heavy atom. The molecule has 0 aromatic carbocycles. The van der Waals surface area contributed by atoms with Crippen LogP contribution in [0.1, 0.15) is 20.8 Å².